The lowest BCUT2D eigenvalue weighted by Crippen LogP contribution is -2.44. The summed E-state index contributed by atoms with van der Waals surface area (Å²) in [6, 6.07) is 10.5. The molecule has 1 fully saturated rings. The van der Waals surface area contributed by atoms with Crippen molar-refractivity contribution in [1.29, 1.82) is 0 Å². The molecule has 1 aliphatic heterocycles. The molecule has 0 aromatic heterocycles. The van der Waals surface area contributed by atoms with Crippen molar-refractivity contribution in [2.24, 2.45) is 5.92 Å². The van der Waals surface area contributed by atoms with Gasteiger partial charge in [-0.1, -0.05) is 29.3 Å². The van der Waals surface area contributed by atoms with Crippen molar-refractivity contribution in [3.05, 3.63) is 64.7 Å². The van der Waals surface area contributed by atoms with Crippen LogP contribution in [0.4, 0.5) is 18.9 Å². The lowest BCUT2D eigenvalue weighted by atomic mass is 9.95. The molecule has 154 valence electrons. The van der Waals surface area contributed by atoms with Crippen LogP contribution in [0.3, 0.4) is 0 Å². The summed E-state index contributed by atoms with van der Waals surface area (Å²) in [5, 5.41) is 2.41. The van der Waals surface area contributed by atoms with E-state index in [2.05, 4.69) is 5.32 Å². The molecule has 0 aliphatic carbocycles. The second kappa shape index (κ2) is 8.27. The minimum Gasteiger partial charge on any atom is -0.338 e. The van der Waals surface area contributed by atoms with E-state index in [1.54, 1.807) is 17.0 Å². The van der Waals surface area contributed by atoms with Gasteiger partial charge in [-0.25, -0.2) is 0 Å². The van der Waals surface area contributed by atoms with E-state index in [1.165, 1.54) is 18.2 Å². The highest BCUT2D eigenvalue weighted by molar-refractivity contribution is 5.96. The lowest BCUT2D eigenvalue weighted by molar-refractivity contribution is -0.137. The molecule has 0 spiro atoms. The van der Waals surface area contributed by atoms with Crippen LogP contribution in [0.15, 0.2) is 42.5 Å². The minimum absolute atomic E-state index is 0.162. The van der Waals surface area contributed by atoms with Crippen molar-refractivity contribution in [1.82, 2.24) is 4.90 Å². The number of hydrogen-bond donors (Lipinski definition) is 1. The Morgan fingerprint density at radius 2 is 1.72 bits per heavy atom. The molecule has 0 bridgehead atoms. The first-order chi connectivity index (χ1) is 13.6. The standard InChI is InChI=1S/C22H23F3N2O2/c1-14-10-15(2)12-17(11-14)21(29)27-9-5-6-16(13-27)20(28)26-19-8-4-3-7-18(19)22(23,24)25/h3-4,7-8,10-12,16H,5-6,9,13H2,1-2H3,(H,26,28)/t16-/m1/s1. The molecule has 0 radical (unpaired) electrons. The van der Waals surface area contributed by atoms with Crippen LogP contribution < -0.4 is 5.32 Å². The van der Waals surface area contributed by atoms with Gasteiger partial charge < -0.3 is 10.2 Å². The molecule has 0 unspecified atom stereocenters. The fourth-order valence-corrected chi connectivity index (χ4v) is 3.73. The molecule has 29 heavy (non-hydrogen) atoms. The number of hydrogen-bond acceptors (Lipinski definition) is 2. The summed E-state index contributed by atoms with van der Waals surface area (Å²) >= 11 is 0. The number of aryl methyl sites for hydroxylation is 2. The number of rotatable bonds is 3. The van der Waals surface area contributed by atoms with Crippen LogP contribution >= 0.6 is 0 Å². The van der Waals surface area contributed by atoms with E-state index in [4.69, 9.17) is 0 Å². The van der Waals surface area contributed by atoms with Gasteiger partial charge in [0.2, 0.25) is 5.91 Å². The van der Waals surface area contributed by atoms with E-state index in [0.717, 1.165) is 17.2 Å². The number of amides is 2. The predicted octanol–water partition coefficient (Wildman–Crippen LogP) is 4.81. The quantitative estimate of drug-likeness (QED) is 0.798. The number of alkyl halides is 3. The average molecular weight is 404 g/mol. The Bertz CT molecular complexity index is 904. The summed E-state index contributed by atoms with van der Waals surface area (Å²) in [6.07, 6.45) is -3.41. The molecule has 2 amide bonds. The summed E-state index contributed by atoms with van der Waals surface area (Å²) < 4.78 is 39.5. The minimum atomic E-state index is -4.55. The van der Waals surface area contributed by atoms with Crippen molar-refractivity contribution in [2.75, 3.05) is 18.4 Å². The van der Waals surface area contributed by atoms with Crippen molar-refractivity contribution in [3.8, 4) is 0 Å². The van der Waals surface area contributed by atoms with Crippen LogP contribution in [0.2, 0.25) is 0 Å². The molecule has 1 aliphatic rings. The molecule has 0 saturated carbocycles. The highest BCUT2D eigenvalue weighted by atomic mass is 19.4. The van der Waals surface area contributed by atoms with Gasteiger partial charge in [0.25, 0.3) is 5.91 Å². The fourth-order valence-electron chi connectivity index (χ4n) is 3.73. The molecule has 2 aromatic carbocycles. The van der Waals surface area contributed by atoms with Crippen LogP contribution in [-0.2, 0) is 11.0 Å². The zero-order valence-corrected chi connectivity index (χ0v) is 16.3. The summed E-state index contributed by atoms with van der Waals surface area (Å²) in [5.74, 6) is -1.22. The normalized spacial score (nSPS) is 17.1. The molecule has 4 nitrogen and oxygen atoms in total. The zero-order chi connectivity index (χ0) is 21.2. The first-order valence-electron chi connectivity index (χ1n) is 9.50. The van der Waals surface area contributed by atoms with E-state index >= 15 is 0 Å². The van der Waals surface area contributed by atoms with E-state index in [1.807, 2.05) is 19.9 Å². The molecule has 7 heteroatoms. The summed E-state index contributed by atoms with van der Waals surface area (Å²) in [6.45, 7) is 4.53. The van der Waals surface area contributed by atoms with Crippen LogP contribution in [0, 0.1) is 19.8 Å². The Balaban J connectivity index is 1.73. The molecular formula is C22H23F3N2O2. The van der Waals surface area contributed by atoms with Crippen LogP contribution in [0.5, 0.6) is 0 Å². The van der Waals surface area contributed by atoms with Crippen LogP contribution in [0.25, 0.3) is 0 Å². The van der Waals surface area contributed by atoms with Gasteiger partial charge in [-0.05, 0) is 51.0 Å². The maximum atomic E-state index is 13.2. The number of piperidine rings is 1. The number of benzene rings is 2. The Hall–Kier alpha value is -2.83. The SMILES string of the molecule is Cc1cc(C)cc(C(=O)N2CCC[C@@H](C(=O)Nc3ccccc3C(F)(F)F)C2)c1. The maximum Gasteiger partial charge on any atom is 0.418 e. The van der Waals surface area contributed by atoms with Gasteiger partial charge in [0.1, 0.15) is 0 Å². The highest BCUT2D eigenvalue weighted by Crippen LogP contribution is 2.35. The van der Waals surface area contributed by atoms with Gasteiger partial charge >= 0.3 is 6.18 Å². The largest absolute Gasteiger partial charge is 0.418 e. The van der Waals surface area contributed by atoms with Crippen LogP contribution in [0.1, 0.15) is 39.9 Å². The summed E-state index contributed by atoms with van der Waals surface area (Å²) in [4.78, 5) is 27.1. The number of anilines is 1. The molecule has 2 aromatic rings. The number of para-hydroxylation sites is 1. The smallest absolute Gasteiger partial charge is 0.338 e. The van der Waals surface area contributed by atoms with E-state index in [-0.39, 0.29) is 18.1 Å². The molecule has 3 rings (SSSR count). The lowest BCUT2D eigenvalue weighted by Gasteiger charge is -2.32. The fraction of sp³-hybridized carbons (Fsp3) is 0.364. The third kappa shape index (κ3) is 4.96. The predicted molar refractivity (Wildman–Crippen MR) is 105 cm³/mol. The number of likely N-dealkylation sites (tertiary alicyclic amines) is 1. The monoisotopic (exact) mass is 404 g/mol. The first kappa shape index (κ1) is 20.9. The first-order valence-corrected chi connectivity index (χ1v) is 9.50. The Morgan fingerprint density at radius 1 is 1.07 bits per heavy atom. The number of carbonyl (C=O) groups is 2. The van der Waals surface area contributed by atoms with Crippen molar-refractivity contribution >= 4 is 17.5 Å². The number of nitrogens with zero attached hydrogens (tertiary/aromatic N) is 1. The number of carbonyl (C=O) groups excluding carboxylic acids is 2. The Kier molecular flexibility index (Phi) is 5.96. The van der Waals surface area contributed by atoms with Gasteiger partial charge in [-0.15, -0.1) is 0 Å². The molecule has 1 heterocycles. The average Bonchev–Trinajstić information content (AvgIpc) is 2.66. The Morgan fingerprint density at radius 3 is 2.38 bits per heavy atom. The third-order valence-corrected chi connectivity index (χ3v) is 5.04. The summed E-state index contributed by atoms with van der Waals surface area (Å²) in [7, 11) is 0. The van der Waals surface area contributed by atoms with Gasteiger partial charge in [-0.3, -0.25) is 9.59 Å². The summed E-state index contributed by atoms with van der Waals surface area (Å²) in [5.41, 5.74) is 1.37. The van der Waals surface area contributed by atoms with E-state index in [9.17, 15) is 22.8 Å². The van der Waals surface area contributed by atoms with E-state index < -0.39 is 23.6 Å². The second-order valence-corrected chi connectivity index (χ2v) is 7.50. The van der Waals surface area contributed by atoms with Gasteiger partial charge in [-0.2, -0.15) is 13.2 Å². The topological polar surface area (TPSA) is 49.4 Å². The van der Waals surface area contributed by atoms with Crippen molar-refractivity contribution in [3.63, 3.8) is 0 Å². The third-order valence-electron chi connectivity index (χ3n) is 5.04. The number of nitrogens with one attached hydrogen (secondary N) is 1. The van der Waals surface area contributed by atoms with E-state index in [0.29, 0.717) is 24.9 Å². The van der Waals surface area contributed by atoms with Gasteiger partial charge in [0, 0.05) is 18.7 Å². The molecule has 1 N–H and O–H groups in total. The van der Waals surface area contributed by atoms with Crippen LogP contribution in [-0.4, -0.2) is 29.8 Å². The van der Waals surface area contributed by atoms with Gasteiger partial charge in [0.15, 0.2) is 0 Å². The zero-order valence-electron chi connectivity index (χ0n) is 16.3. The molecule has 1 atom stereocenters. The highest BCUT2D eigenvalue weighted by Gasteiger charge is 2.35. The molecule has 1 saturated heterocycles. The maximum absolute atomic E-state index is 13.2. The molecular weight excluding hydrogens is 381 g/mol. The van der Waals surface area contributed by atoms with Crippen molar-refractivity contribution in [2.45, 2.75) is 32.9 Å². The second-order valence-electron chi connectivity index (χ2n) is 7.50. The Labute approximate surface area is 167 Å². The van der Waals surface area contributed by atoms with Gasteiger partial charge in [0.05, 0.1) is 17.2 Å². The number of halogens is 3. The van der Waals surface area contributed by atoms with Crippen molar-refractivity contribution < 1.29 is 22.8 Å².